The lowest BCUT2D eigenvalue weighted by Gasteiger charge is -1.93. The van der Waals surface area contributed by atoms with Crippen molar-refractivity contribution >= 4 is 0 Å². The summed E-state index contributed by atoms with van der Waals surface area (Å²) in [4.78, 5) is 0. The lowest BCUT2D eigenvalue weighted by molar-refractivity contribution is 0.0199. The predicted octanol–water partition coefficient (Wildman–Crippen LogP) is 1.70. The first-order chi connectivity index (χ1) is 4.41. The maximum Gasteiger partial charge on any atom is 0.187 e. The summed E-state index contributed by atoms with van der Waals surface area (Å²) >= 11 is 0. The maximum absolute atomic E-state index is 4.83. The molecule has 0 bridgehead atoms. The van der Waals surface area contributed by atoms with Crippen LogP contribution in [0.5, 0.6) is 0 Å². The van der Waals surface area contributed by atoms with E-state index in [1.807, 2.05) is 19.1 Å². The molecule has 2 nitrogen and oxygen atoms in total. The van der Waals surface area contributed by atoms with Crippen LogP contribution in [0.4, 0.5) is 0 Å². The Morgan fingerprint density at radius 2 is 2.11 bits per heavy atom. The van der Waals surface area contributed by atoms with E-state index >= 15 is 0 Å². The van der Waals surface area contributed by atoms with Crippen LogP contribution < -0.4 is 0 Å². The van der Waals surface area contributed by atoms with E-state index in [1.54, 1.807) is 19.4 Å². The van der Waals surface area contributed by atoms with Gasteiger partial charge in [-0.2, -0.15) is 0 Å². The average Bonchev–Trinajstić information content (AvgIpc) is 1.89. The first-order valence-electron chi connectivity index (χ1n) is 2.80. The zero-order valence-corrected chi connectivity index (χ0v) is 5.83. The molecule has 0 aromatic heterocycles. The van der Waals surface area contributed by atoms with Crippen molar-refractivity contribution in [2.24, 2.45) is 0 Å². The summed E-state index contributed by atoms with van der Waals surface area (Å²) in [5.41, 5.74) is 0. The van der Waals surface area contributed by atoms with Crippen LogP contribution in [0.2, 0.25) is 0 Å². The minimum Gasteiger partial charge on any atom is -0.475 e. The van der Waals surface area contributed by atoms with E-state index in [1.165, 1.54) is 0 Å². The molecule has 0 unspecified atom stereocenters. The molecule has 52 valence electrons. The standard InChI is InChI=1S/C7H12O2/c1-3-4-5-6-9-7-8-2/h3-6H,7H2,1-2H3/b4-3+,6-5?. The zero-order valence-electron chi connectivity index (χ0n) is 5.83. The van der Waals surface area contributed by atoms with Crippen LogP contribution in [0.15, 0.2) is 24.5 Å². The highest BCUT2D eigenvalue weighted by atomic mass is 16.7. The minimum absolute atomic E-state index is 0.314. The Hall–Kier alpha value is -0.760. The van der Waals surface area contributed by atoms with Crippen LogP contribution in [-0.2, 0) is 9.47 Å². The van der Waals surface area contributed by atoms with Gasteiger partial charge in [0.15, 0.2) is 6.79 Å². The van der Waals surface area contributed by atoms with E-state index in [-0.39, 0.29) is 0 Å². The highest BCUT2D eigenvalue weighted by molar-refractivity contribution is 4.97. The number of hydrogen-bond donors (Lipinski definition) is 0. The monoisotopic (exact) mass is 128 g/mol. The van der Waals surface area contributed by atoms with Crippen LogP contribution in [0, 0.1) is 0 Å². The summed E-state index contributed by atoms with van der Waals surface area (Å²) in [7, 11) is 1.59. The van der Waals surface area contributed by atoms with Gasteiger partial charge in [-0.25, -0.2) is 0 Å². The lowest BCUT2D eigenvalue weighted by Crippen LogP contribution is -1.87. The van der Waals surface area contributed by atoms with Gasteiger partial charge >= 0.3 is 0 Å². The predicted molar refractivity (Wildman–Crippen MR) is 36.9 cm³/mol. The molecule has 0 aliphatic heterocycles. The Kier molecular flexibility index (Phi) is 6.63. The molecule has 0 saturated carbocycles. The number of allylic oxidation sites excluding steroid dienone is 3. The summed E-state index contributed by atoms with van der Waals surface area (Å²) in [6.07, 6.45) is 7.20. The Morgan fingerprint density at radius 3 is 2.67 bits per heavy atom. The van der Waals surface area contributed by atoms with Crippen molar-refractivity contribution in [1.82, 2.24) is 0 Å². The molecule has 0 N–H and O–H groups in total. The van der Waals surface area contributed by atoms with Gasteiger partial charge in [-0.15, -0.1) is 0 Å². The topological polar surface area (TPSA) is 18.5 Å². The van der Waals surface area contributed by atoms with Gasteiger partial charge in [0.2, 0.25) is 0 Å². The summed E-state index contributed by atoms with van der Waals surface area (Å²) in [5.74, 6) is 0. The first-order valence-corrected chi connectivity index (χ1v) is 2.80. The molecule has 0 radical (unpaired) electrons. The molecule has 0 atom stereocenters. The SMILES string of the molecule is C/C=C/C=COCOC. The van der Waals surface area contributed by atoms with Crippen LogP contribution in [-0.4, -0.2) is 13.9 Å². The second-order valence-electron chi connectivity index (χ2n) is 1.43. The van der Waals surface area contributed by atoms with E-state index < -0.39 is 0 Å². The second kappa shape index (κ2) is 7.24. The molecule has 0 aromatic rings. The van der Waals surface area contributed by atoms with Crippen LogP contribution >= 0.6 is 0 Å². The third kappa shape index (κ3) is 7.24. The molecule has 0 aliphatic rings. The van der Waals surface area contributed by atoms with Crippen molar-refractivity contribution in [2.45, 2.75) is 6.92 Å². The molecule has 0 spiro atoms. The van der Waals surface area contributed by atoms with Gasteiger partial charge in [0, 0.05) is 7.11 Å². The van der Waals surface area contributed by atoms with E-state index in [9.17, 15) is 0 Å². The fourth-order valence-electron chi connectivity index (χ4n) is 0.319. The van der Waals surface area contributed by atoms with E-state index in [2.05, 4.69) is 4.74 Å². The van der Waals surface area contributed by atoms with E-state index in [0.717, 1.165) is 0 Å². The van der Waals surface area contributed by atoms with Gasteiger partial charge in [-0.1, -0.05) is 12.2 Å². The molecule has 0 aromatic carbocycles. The van der Waals surface area contributed by atoms with Crippen molar-refractivity contribution < 1.29 is 9.47 Å². The summed E-state index contributed by atoms with van der Waals surface area (Å²) < 4.78 is 9.46. The Bertz CT molecular complexity index is 95.1. The van der Waals surface area contributed by atoms with Gasteiger partial charge in [-0.3, -0.25) is 0 Å². The van der Waals surface area contributed by atoms with Crippen LogP contribution in [0.3, 0.4) is 0 Å². The average molecular weight is 128 g/mol. The van der Waals surface area contributed by atoms with E-state index in [4.69, 9.17) is 4.74 Å². The van der Waals surface area contributed by atoms with Crippen molar-refractivity contribution in [3.8, 4) is 0 Å². The molecular weight excluding hydrogens is 116 g/mol. The first kappa shape index (κ1) is 8.24. The van der Waals surface area contributed by atoms with Crippen LogP contribution in [0.25, 0.3) is 0 Å². The third-order valence-corrected chi connectivity index (χ3v) is 0.664. The molecular formula is C7H12O2. The Morgan fingerprint density at radius 1 is 1.33 bits per heavy atom. The minimum atomic E-state index is 0.314. The molecule has 0 aliphatic carbocycles. The largest absolute Gasteiger partial charge is 0.475 e. The maximum atomic E-state index is 4.83. The van der Waals surface area contributed by atoms with Gasteiger partial charge in [0.05, 0.1) is 6.26 Å². The van der Waals surface area contributed by atoms with Gasteiger partial charge in [0.1, 0.15) is 0 Å². The Balaban J connectivity index is 3.04. The fraction of sp³-hybridized carbons (Fsp3) is 0.429. The summed E-state index contributed by atoms with van der Waals surface area (Å²) in [6.45, 7) is 2.26. The number of methoxy groups -OCH3 is 1. The van der Waals surface area contributed by atoms with Crippen molar-refractivity contribution in [2.75, 3.05) is 13.9 Å². The molecule has 0 fully saturated rings. The number of ether oxygens (including phenoxy) is 2. The number of rotatable bonds is 4. The molecule has 0 heterocycles. The lowest BCUT2D eigenvalue weighted by atomic mass is 10.5. The molecule has 9 heavy (non-hydrogen) atoms. The van der Waals surface area contributed by atoms with Crippen molar-refractivity contribution in [1.29, 1.82) is 0 Å². The highest BCUT2D eigenvalue weighted by Crippen LogP contribution is 1.79. The van der Waals surface area contributed by atoms with Gasteiger partial charge in [-0.05, 0) is 13.0 Å². The van der Waals surface area contributed by atoms with E-state index in [0.29, 0.717) is 6.79 Å². The van der Waals surface area contributed by atoms with Gasteiger partial charge < -0.3 is 9.47 Å². The van der Waals surface area contributed by atoms with Gasteiger partial charge in [0.25, 0.3) is 0 Å². The normalized spacial score (nSPS) is 11.3. The third-order valence-electron chi connectivity index (χ3n) is 0.664. The molecule has 0 amide bonds. The molecule has 0 rings (SSSR count). The number of hydrogen-bond acceptors (Lipinski definition) is 2. The molecule has 0 saturated heterocycles. The quantitative estimate of drug-likeness (QED) is 0.248. The van der Waals surface area contributed by atoms with Crippen molar-refractivity contribution in [3.63, 3.8) is 0 Å². The van der Waals surface area contributed by atoms with Crippen LogP contribution in [0.1, 0.15) is 6.92 Å². The Labute approximate surface area is 55.8 Å². The molecule has 2 heteroatoms. The zero-order chi connectivity index (χ0) is 6.95. The summed E-state index contributed by atoms with van der Waals surface area (Å²) in [5, 5.41) is 0. The fourth-order valence-corrected chi connectivity index (χ4v) is 0.319. The van der Waals surface area contributed by atoms with Crippen molar-refractivity contribution in [3.05, 3.63) is 24.5 Å². The highest BCUT2D eigenvalue weighted by Gasteiger charge is 1.69. The smallest absolute Gasteiger partial charge is 0.187 e. The second-order valence-corrected chi connectivity index (χ2v) is 1.43. The summed E-state index contributed by atoms with van der Waals surface area (Å²) in [6, 6.07) is 0.